The van der Waals surface area contributed by atoms with Crippen LogP contribution in [0.25, 0.3) is 0 Å². The predicted octanol–water partition coefficient (Wildman–Crippen LogP) is 0.705. The van der Waals surface area contributed by atoms with Crippen LogP contribution in [0.15, 0.2) is 0 Å². The van der Waals surface area contributed by atoms with Gasteiger partial charge in [-0.05, 0) is 19.3 Å². The molecule has 1 aliphatic heterocycles. The average Bonchev–Trinajstić information content (AvgIpc) is 2.01. The Kier molecular flexibility index (Phi) is 3.35. The molecule has 0 aromatic rings. The minimum atomic E-state index is 0. The Labute approximate surface area is 79.0 Å². The summed E-state index contributed by atoms with van der Waals surface area (Å²) >= 11 is 0. The first-order chi connectivity index (χ1) is 5.37. The molecule has 0 bridgehead atoms. The van der Waals surface area contributed by atoms with Gasteiger partial charge in [0.1, 0.15) is 0 Å². The zero-order chi connectivity index (χ0) is 7.73. The molecule has 4 heteroatoms. The quantitative estimate of drug-likeness (QED) is 0.667. The summed E-state index contributed by atoms with van der Waals surface area (Å²) in [6, 6.07) is 0. The second-order valence-electron chi connectivity index (χ2n) is 3.36. The molecule has 1 heterocycles. The molecule has 12 heavy (non-hydrogen) atoms. The van der Waals surface area contributed by atoms with Crippen molar-refractivity contribution in [3.05, 3.63) is 0 Å². The molecule has 2 fully saturated rings. The van der Waals surface area contributed by atoms with Crippen molar-refractivity contribution in [3.63, 3.8) is 0 Å². The Morgan fingerprint density at radius 3 is 2.50 bits per heavy atom. The summed E-state index contributed by atoms with van der Waals surface area (Å²) < 4.78 is 11.2. The van der Waals surface area contributed by atoms with Crippen LogP contribution in [0.4, 0.5) is 0 Å². The summed E-state index contributed by atoms with van der Waals surface area (Å²) in [5.41, 5.74) is 5.60. The minimum absolute atomic E-state index is 0. The molecule has 0 aromatic heterocycles. The molecular weight excluding hydrogens is 178 g/mol. The highest BCUT2D eigenvalue weighted by Crippen LogP contribution is 2.41. The second kappa shape index (κ2) is 3.92. The molecule has 72 valence electrons. The largest absolute Gasteiger partial charge is 0.371 e. The van der Waals surface area contributed by atoms with Crippen LogP contribution in [0.1, 0.15) is 19.3 Å². The van der Waals surface area contributed by atoms with Gasteiger partial charge in [-0.3, -0.25) is 0 Å². The number of rotatable bonds is 1. The van der Waals surface area contributed by atoms with Crippen LogP contribution in [0.2, 0.25) is 0 Å². The first-order valence-electron chi connectivity index (χ1n) is 4.33. The van der Waals surface area contributed by atoms with Crippen molar-refractivity contribution in [2.45, 2.75) is 31.0 Å². The van der Waals surface area contributed by atoms with E-state index in [-0.39, 0.29) is 24.1 Å². The normalized spacial score (nSPS) is 32.2. The van der Waals surface area contributed by atoms with Gasteiger partial charge in [0.05, 0.1) is 24.9 Å². The number of hydrogen-bond acceptors (Lipinski definition) is 3. The number of ether oxygens (including phenoxy) is 2. The lowest BCUT2D eigenvalue weighted by Gasteiger charge is -2.49. The molecule has 2 N–H and O–H groups in total. The number of nitrogens with two attached hydrogens (primary N) is 1. The van der Waals surface area contributed by atoms with Crippen LogP contribution in [-0.2, 0) is 9.47 Å². The van der Waals surface area contributed by atoms with Gasteiger partial charge in [-0.2, -0.15) is 0 Å². The topological polar surface area (TPSA) is 44.5 Å². The first kappa shape index (κ1) is 10.3. The average molecular weight is 194 g/mol. The molecule has 3 nitrogen and oxygen atoms in total. The van der Waals surface area contributed by atoms with Crippen molar-refractivity contribution < 1.29 is 9.47 Å². The van der Waals surface area contributed by atoms with Crippen LogP contribution in [0.3, 0.4) is 0 Å². The lowest BCUT2D eigenvalue weighted by Crippen LogP contribution is -2.58. The monoisotopic (exact) mass is 193 g/mol. The van der Waals surface area contributed by atoms with Crippen LogP contribution < -0.4 is 5.73 Å². The van der Waals surface area contributed by atoms with Crippen molar-refractivity contribution >= 4 is 12.4 Å². The van der Waals surface area contributed by atoms with E-state index in [4.69, 9.17) is 15.2 Å². The maximum Gasteiger partial charge on any atom is 0.0987 e. The Morgan fingerprint density at radius 1 is 1.33 bits per heavy atom. The van der Waals surface area contributed by atoms with Crippen LogP contribution >= 0.6 is 12.4 Å². The van der Waals surface area contributed by atoms with Gasteiger partial charge in [-0.15, -0.1) is 12.4 Å². The Balaban J connectivity index is 0.000000720. The van der Waals surface area contributed by atoms with Gasteiger partial charge in [0, 0.05) is 6.54 Å². The molecule has 1 saturated carbocycles. The molecular formula is C8H16ClNO2. The van der Waals surface area contributed by atoms with E-state index < -0.39 is 0 Å². The standard InChI is InChI=1S/C8H15NO2.ClH/c9-6-7-8(2-1-3-8)11-5-4-10-7;/h7H,1-6,9H2;1H. The molecule has 2 aliphatic rings. The van der Waals surface area contributed by atoms with Gasteiger partial charge in [0.25, 0.3) is 0 Å². The molecule has 1 unspecified atom stereocenters. The van der Waals surface area contributed by atoms with E-state index in [1.165, 1.54) is 6.42 Å². The molecule has 2 rings (SSSR count). The van der Waals surface area contributed by atoms with E-state index in [2.05, 4.69) is 0 Å². The zero-order valence-electron chi connectivity index (χ0n) is 7.12. The Morgan fingerprint density at radius 2 is 2.08 bits per heavy atom. The smallest absolute Gasteiger partial charge is 0.0987 e. The molecule has 0 radical (unpaired) electrons. The number of hydrogen-bond donors (Lipinski definition) is 1. The van der Waals surface area contributed by atoms with Gasteiger partial charge in [0.2, 0.25) is 0 Å². The minimum Gasteiger partial charge on any atom is -0.371 e. The molecule has 0 amide bonds. The van der Waals surface area contributed by atoms with E-state index in [9.17, 15) is 0 Å². The summed E-state index contributed by atoms with van der Waals surface area (Å²) in [5.74, 6) is 0. The fraction of sp³-hybridized carbons (Fsp3) is 1.00. The Hall–Kier alpha value is 0.170. The molecule has 0 aromatic carbocycles. The van der Waals surface area contributed by atoms with Crippen molar-refractivity contribution in [1.82, 2.24) is 0 Å². The zero-order valence-corrected chi connectivity index (χ0v) is 7.94. The van der Waals surface area contributed by atoms with E-state index in [1.54, 1.807) is 0 Å². The highest BCUT2D eigenvalue weighted by molar-refractivity contribution is 5.85. The lowest BCUT2D eigenvalue weighted by atomic mass is 9.75. The van der Waals surface area contributed by atoms with E-state index in [0.29, 0.717) is 13.2 Å². The van der Waals surface area contributed by atoms with Crippen molar-refractivity contribution in [1.29, 1.82) is 0 Å². The highest BCUT2D eigenvalue weighted by atomic mass is 35.5. The van der Waals surface area contributed by atoms with Crippen molar-refractivity contribution in [2.75, 3.05) is 19.8 Å². The van der Waals surface area contributed by atoms with Gasteiger partial charge in [-0.25, -0.2) is 0 Å². The van der Waals surface area contributed by atoms with E-state index in [0.717, 1.165) is 19.4 Å². The number of halogens is 1. The van der Waals surface area contributed by atoms with Gasteiger partial charge < -0.3 is 15.2 Å². The first-order valence-corrected chi connectivity index (χ1v) is 4.33. The third kappa shape index (κ3) is 1.46. The second-order valence-corrected chi connectivity index (χ2v) is 3.36. The lowest BCUT2D eigenvalue weighted by molar-refractivity contribution is -0.231. The van der Waals surface area contributed by atoms with Crippen LogP contribution in [0.5, 0.6) is 0 Å². The summed E-state index contributed by atoms with van der Waals surface area (Å²) in [7, 11) is 0. The van der Waals surface area contributed by atoms with Crippen LogP contribution in [-0.4, -0.2) is 31.5 Å². The summed E-state index contributed by atoms with van der Waals surface area (Å²) in [4.78, 5) is 0. The molecule has 1 saturated heterocycles. The van der Waals surface area contributed by atoms with Crippen molar-refractivity contribution in [3.8, 4) is 0 Å². The van der Waals surface area contributed by atoms with Gasteiger partial charge in [-0.1, -0.05) is 0 Å². The van der Waals surface area contributed by atoms with Gasteiger partial charge >= 0.3 is 0 Å². The van der Waals surface area contributed by atoms with E-state index >= 15 is 0 Å². The summed E-state index contributed by atoms with van der Waals surface area (Å²) in [5, 5.41) is 0. The molecule has 1 aliphatic carbocycles. The SMILES string of the molecule is Cl.NCC1OCCOC12CCC2. The predicted molar refractivity (Wildman–Crippen MR) is 48.6 cm³/mol. The van der Waals surface area contributed by atoms with Gasteiger partial charge in [0.15, 0.2) is 0 Å². The van der Waals surface area contributed by atoms with Crippen LogP contribution in [0, 0.1) is 0 Å². The summed E-state index contributed by atoms with van der Waals surface area (Å²) in [6.07, 6.45) is 3.69. The maximum atomic E-state index is 5.70. The highest BCUT2D eigenvalue weighted by Gasteiger charge is 2.47. The van der Waals surface area contributed by atoms with E-state index in [1.807, 2.05) is 0 Å². The molecule has 1 spiro atoms. The summed E-state index contributed by atoms with van der Waals surface area (Å²) in [6.45, 7) is 2.06. The maximum absolute atomic E-state index is 5.70. The fourth-order valence-electron chi connectivity index (χ4n) is 1.95. The third-order valence-electron chi connectivity index (χ3n) is 2.79. The fourth-order valence-corrected chi connectivity index (χ4v) is 1.95. The Bertz CT molecular complexity index is 150. The third-order valence-corrected chi connectivity index (χ3v) is 2.79. The molecule has 1 atom stereocenters. The van der Waals surface area contributed by atoms with Crippen molar-refractivity contribution in [2.24, 2.45) is 5.73 Å².